The Morgan fingerprint density at radius 2 is 2.05 bits per heavy atom. The first-order chi connectivity index (χ1) is 9.87. The van der Waals surface area contributed by atoms with Gasteiger partial charge in [-0.05, 0) is 25.5 Å². The van der Waals surface area contributed by atoms with E-state index >= 15 is 0 Å². The van der Waals surface area contributed by atoms with Crippen LogP contribution in [-0.2, 0) is 16.3 Å². The second kappa shape index (κ2) is 6.87. The average molecular weight is 312 g/mol. The molecule has 1 aromatic rings. The second-order valence-corrected chi connectivity index (χ2v) is 8.15. The quantitative estimate of drug-likeness (QED) is 0.775. The molecule has 21 heavy (non-hydrogen) atoms. The summed E-state index contributed by atoms with van der Waals surface area (Å²) >= 11 is 0. The number of hydrogen-bond donors (Lipinski definition) is 2. The number of benzene rings is 1. The van der Waals surface area contributed by atoms with Crippen LogP contribution < -0.4 is 5.73 Å². The van der Waals surface area contributed by atoms with Crippen LogP contribution in [0.4, 0.5) is 0 Å². The van der Waals surface area contributed by atoms with E-state index in [2.05, 4.69) is 0 Å². The van der Waals surface area contributed by atoms with Gasteiger partial charge in [0.25, 0.3) is 0 Å². The fourth-order valence-corrected chi connectivity index (χ4v) is 4.53. The maximum absolute atomic E-state index is 11.5. The minimum absolute atomic E-state index is 0.00595. The van der Waals surface area contributed by atoms with Gasteiger partial charge in [0, 0.05) is 18.6 Å². The van der Waals surface area contributed by atoms with Crippen molar-refractivity contribution < 1.29 is 13.5 Å². The van der Waals surface area contributed by atoms with Crippen molar-refractivity contribution in [2.75, 3.05) is 25.1 Å². The molecule has 118 valence electrons. The van der Waals surface area contributed by atoms with Crippen LogP contribution in [-0.4, -0.2) is 61.7 Å². The van der Waals surface area contributed by atoms with Crippen molar-refractivity contribution in [2.45, 2.75) is 31.0 Å². The molecule has 1 saturated heterocycles. The minimum atomic E-state index is -2.90. The number of sulfone groups is 1. The number of likely N-dealkylation sites (N-methyl/N-ethyl adjacent to an activating group) is 1. The first-order valence-electron chi connectivity index (χ1n) is 7.25. The normalized spacial score (nSPS) is 24.1. The molecule has 3 unspecified atom stereocenters. The number of nitrogens with zero attached hydrogens (tertiary/aromatic N) is 1. The molecule has 6 heteroatoms. The number of aliphatic hydroxyl groups is 1. The third kappa shape index (κ3) is 4.78. The average Bonchev–Trinajstić information content (AvgIpc) is 2.80. The van der Waals surface area contributed by atoms with Gasteiger partial charge < -0.3 is 10.8 Å². The summed E-state index contributed by atoms with van der Waals surface area (Å²) in [6, 6.07) is 9.45. The van der Waals surface area contributed by atoms with E-state index in [4.69, 9.17) is 5.73 Å². The Bertz CT molecular complexity index is 547. The van der Waals surface area contributed by atoms with Gasteiger partial charge in [-0.3, -0.25) is 4.90 Å². The minimum Gasteiger partial charge on any atom is -0.390 e. The van der Waals surface area contributed by atoms with E-state index in [0.29, 0.717) is 19.4 Å². The fourth-order valence-electron chi connectivity index (χ4n) is 2.72. The Hall–Kier alpha value is -0.950. The highest BCUT2D eigenvalue weighted by Crippen LogP contribution is 2.17. The molecule has 1 fully saturated rings. The Labute approximate surface area is 126 Å². The van der Waals surface area contributed by atoms with Gasteiger partial charge in [-0.1, -0.05) is 30.3 Å². The van der Waals surface area contributed by atoms with Gasteiger partial charge in [0.15, 0.2) is 9.84 Å². The van der Waals surface area contributed by atoms with Crippen LogP contribution >= 0.6 is 0 Å². The molecule has 0 amide bonds. The lowest BCUT2D eigenvalue weighted by molar-refractivity contribution is 0.0883. The molecular weight excluding hydrogens is 288 g/mol. The van der Waals surface area contributed by atoms with Crippen LogP contribution in [0.25, 0.3) is 0 Å². The van der Waals surface area contributed by atoms with E-state index in [0.717, 1.165) is 5.56 Å². The van der Waals surface area contributed by atoms with Gasteiger partial charge in [0.2, 0.25) is 0 Å². The van der Waals surface area contributed by atoms with Crippen molar-refractivity contribution in [3.63, 3.8) is 0 Å². The summed E-state index contributed by atoms with van der Waals surface area (Å²) in [5.74, 6) is 0.429. The van der Waals surface area contributed by atoms with Gasteiger partial charge >= 0.3 is 0 Å². The molecule has 3 atom stereocenters. The van der Waals surface area contributed by atoms with Crippen molar-refractivity contribution in [1.82, 2.24) is 4.90 Å². The molecule has 0 aliphatic carbocycles. The van der Waals surface area contributed by atoms with Gasteiger partial charge in [-0.2, -0.15) is 0 Å². The van der Waals surface area contributed by atoms with Crippen molar-refractivity contribution in [2.24, 2.45) is 5.73 Å². The lowest BCUT2D eigenvalue weighted by Gasteiger charge is -2.28. The summed E-state index contributed by atoms with van der Waals surface area (Å²) in [6.45, 7) is 0.397. The SMILES string of the molecule is CN(CC(O)C(N)Cc1ccccc1)C1CCS(=O)(=O)C1. The number of hydrogen-bond acceptors (Lipinski definition) is 5. The Kier molecular flexibility index (Phi) is 5.37. The monoisotopic (exact) mass is 312 g/mol. The zero-order valence-electron chi connectivity index (χ0n) is 12.4. The van der Waals surface area contributed by atoms with E-state index in [1.807, 2.05) is 42.3 Å². The van der Waals surface area contributed by atoms with Crippen molar-refractivity contribution in [1.29, 1.82) is 0 Å². The van der Waals surface area contributed by atoms with Crippen LogP contribution in [0.3, 0.4) is 0 Å². The van der Waals surface area contributed by atoms with Crippen LogP contribution in [0.1, 0.15) is 12.0 Å². The number of nitrogens with two attached hydrogens (primary N) is 1. The molecule has 1 aliphatic heterocycles. The highest BCUT2D eigenvalue weighted by atomic mass is 32.2. The predicted molar refractivity (Wildman–Crippen MR) is 83.8 cm³/mol. The predicted octanol–water partition coefficient (Wildman–Crippen LogP) is 0.0362. The largest absolute Gasteiger partial charge is 0.390 e. The van der Waals surface area contributed by atoms with Gasteiger partial charge in [-0.15, -0.1) is 0 Å². The van der Waals surface area contributed by atoms with Gasteiger partial charge in [-0.25, -0.2) is 8.42 Å². The third-order valence-corrected chi connectivity index (χ3v) is 5.87. The zero-order valence-corrected chi connectivity index (χ0v) is 13.2. The first-order valence-corrected chi connectivity index (χ1v) is 9.08. The van der Waals surface area contributed by atoms with Crippen molar-refractivity contribution >= 4 is 9.84 Å². The van der Waals surface area contributed by atoms with Gasteiger partial charge in [0.05, 0.1) is 17.6 Å². The Morgan fingerprint density at radius 3 is 2.62 bits per heavy atom. The lowest BCUT2D eigenvalue weighted by atomic mass is 10.0. The van der Waals surface area contributed by atoms with Crippen molar-refractivity contribution in [3.05, 3.63) is 35.9 Å². The molecule has 1 heterocycles. The van der Waals surface area contributed by atoms with E-state index in [1.165, 1.54) is 0 Å². The highest BCUT2D eigenvalue weighted by Gasteiger charge is 2.31. The van der Waals surface area contributed by atoms with Crippen LogP contribution in [0.5, 0.6) is 0 Å². The van der Waals surface area contributed by atoms with E-state index in [-0.39, 0.29) is 23.6 Å². The molecule has 0 saturated carbocycles. The van der Waals surface area contributed by atoms with Gasteiger partial charge in [0.1, 0.15) is 0 Å². The molecule has 0 spiro atoms. The molecule has 1 aliphatic rings. The van der Waals surface area contributed by atoms with Crippen LogP contribution in [0.2, 0.25) is 0 Å². The smallest absolute Gasteiger partial charge is 0.151 e. The van der Waals surface area contributed by atoms with E-state index in [9.17, 15) is 13.5 Å². The first kappa shape index (κ1) is 16.4. The third-order valence-electron chi connectivity index (χ3n) is 4.12. The number of aliphatic hydroxyl groups excluding tert-OH is 1. The van der Waals surface area contributed by atoms with Crippen LogP contribution in [0.15, 0.2) is 30.3 Å². The summed E-state index contributed by atoms with van der Waals surface area (Å²) in [6.07, 6.45) is 0.580. The number of rotatable bonds is 6. The zero-order chi connectivity index (χ0) is 15.5. The molecule has 0 aromatic heterocycles. The summed E-state index contributed by atoms with van der Waals surface area (Å²) < 4.78 is 23.0. The second-order valence-electron chi connectivity index (χ2n) is 5.92. The molecular formula is C15H24N2O3S. The van der Waals surface area contributed by atoms with E-state index < -0.39 is 15.9 Å². The summed E-state index contributed by atoms with van der Waals surface area (Å²) in [4.78, 5) is 1.92. The Balaban J connectivity index is 1.84. The molecule has 2 rings (SSSR count). The topological polar surface area (TPSA) is 83.6 Å². The summed E-state index contributed by atoms with van der Waals surface area (Å²) in [5.41, 5.74) is 7.15. The fraction of sp³-hybridized carbons (Fsp3) is 0.600. The molecule has 3 N–H and O–H groups in total. The molecule has 5 nitrogen and oxygen atoms in total. The van der Waals surface area contributed by atoms with E-state index in [1.54, 1.807) is 0 Å². The molecule has 1 aromatic carbocycles. The van der Waals surface area contributed by atoms with Crippen LogP contribution in [0, 0.1) is 0 Å². The molecule has 0 radical (unpaired) electrons. The Morgan fingerprint density at radius 1 is 1.38 bits per heavy atom. The standard InChI is InChI=1S/C15H24N2O3S/c1-17(13-7-8-21(19,20)11-13)10-15(18)14(16)9-12-5-3-2-4-6-12/h2-6,13-15,18H,7-11,16H2,1H3. The van der Waals surface area contributed by atoms with Crippen molar-refractivity contribution in [3.8, 4) is 0 Å². The lowest BCUT2D eigenvalue weighted by Crippen LogP contribution is -2.46. The summed E-state index contributed by atoms with van der Waals surface area (Å²) in [7, 11) is -1.05. The highest BCUT2D eigenvalue weighted by molar-refractivity contribution is 7.91. The maximum Gasteiger partial charge on any atom is 0.151 e. The summed E-state index contributed by atoms with van der Waals surface area (Å²) in [5, 5.41) is 10.2. The maximum atomic E-state index is 11.5. The molecule has 0 bridgehead atoms.